The van der Waals surface area contributed by atoms with Crippen LogP contribution < -0.4 is 15.6 Å². The second-order valence-corrected chi connectivity index (χ2v) is 6.93. The van der Waals surface area contributed by atoms with Gasteiger partial charge in [-0.15, -0.1) is 5.10 Å². The maximum atomic E-state index is 12.0. The molecule has 3 aromatic rings. The summed E-state index contributed by atoms with van der Waals surface area (Å²) in [5.41, 5.74) is 1.68. The molecule has 1 N–H and O–H groups in total. The average molecular weight is 359 g/mol. The van der Waals surface area contributed by atoms with Gasteiger partial charge in [-0.2, -0.15) is 4.52 Å². The molecule has 7 nitrogen and oxygen atoms in total. The Hall–Kier alpha value is -2.45. The first kappa shape index (κ1) is 17.4. The molecule has 1 aromatic carbocycles. The monoisotopic (exact) mass is 359 g/mol. The molecule has 0 bridgehead atoms. The molecule has 0 fully saturated rings. The third kappa shape index (κ3) is 3.80. The van der Waals surface area contributed by atoms with E-state index >= 15 is 0 Å². The zero-order valence-electron chi connectivity index (χ0n) is 14.7. The smallest absolute Gasteiger partial charge is 0.275 e. The van der Waals surface area contributed by atoms with Crippen LogP contribution in [0, 0.1) is 6.92 Å². The summed E-state index contributed by atoms with van der Waals surface area (Å²) >= 11 is 1.37. The summed E-state index contributed by atoms with van der Waals surface area (Å²) in [6.07, 6.45) is 0. The first-order chi connectivity index (χ1) is 12.0. The number of nitrogens with one attached hydrogen (secondary N) is 1. The van der Waals surface area contributed by atoms with Gasteiger partial charge >= 0.3 is 0 Å². The molecule has 25 heavy (non-hydrogen) atoms. The molecular formula is C17H21N5O2S. The Morgan fingerprint density at radius 3 is 2.88 bits per heavy atom. The maximum Gasteiger partial charge on any atom is 0.275 e. The Balaban J connectivity index is 1.82. The molecule has 0 radical (unpaired) electrons. The zero-order chi connectivity index (χ0) is 18.0. The van der Waals surface area contributed by atoms with Crippen LogP contribution in [0.5, 0.6) is 5.75 Å². The van der Waals surface area contributed by atoms with E-state index in [1.807, 2.05) is 32.3 Å². The van der Waals surface area contributed by atoms with Crippen LogP contribution in [0.2, 0.25) is 0 Å². The summed E-state index contributed by atoms with van der Waals surface area (Å²) in [4.78, 5) is 19.0. The van der Waals surface area contributed by atoms with E-state index in [-0.39, 0.29) is 11.6 Å². The summed E-state index contributed by atoms with van der Waals surface area (Å²) < 4.78 is 6.65. The van der Waals surface area contributed by atoms with Gasteiger partial charge in [-0.25, -0.2) is 4.98 Å². The van der Waals surface area contributed by atoms with Crippen LogP contribution in [0.1, 0.15) is 17.3 Å². The molecule has 0 aliphatic carbocycles. The number of hydrogen-bond acceptors (Lipinski definition) is 7. The number of aryl methyl sites for hydroxylation is 1. The van der Waals surface area contributed by atoms with Crippen LogP contribution >= 0.6 is 11.3 Å². The number of fused-ring (bicyclic) bond motifs is 1. The fourth-order valence-electron chi connectivity index (χ4n) is 2.62. The van der Waals surface area contributed by atoms with Crippen LogP contribution in [0.4, 0.5) is 5.13 Å². The van der Waals surface area contributed by atoms with E-state index in [0.717, 1.165) is 11.3 Å². The van der Waals surface area contributed by atoms with E-state index in [1.165, 1.54) is 21.9 Å². The fourth-order valence-corrected chi connectivity index (χ4v) is 3.48. The fraction of sp³-hybridized carbons (Fsp3) is 0.353. The van der Waals surface area contributed by atoms with Crippen molar-refractivity contribution in [3.05, 3.63) is 51.9 Å². The molecule has 0 aliphatic heterocycles. The summed E-state index contributed by atoms with van der Waals surface area (Å²) in [6, 6.07) is 9.62. The maximum absolute atomic E-state index is 12.0. The molecule has 0 spiro atoms. The summed E-state index contributed by atoms with van der Waals surface area (Å²) in [5.74, 6) is 0.829. The van der Waals surface area contributed by atoms with Gasteiger partial charge < -0.3 is 15.0 Å². The molecule has 0 aliphatic rings. The van der Waals surface area contributed by atoms with Crippen LogP contribution in [-0.2, 0) is 0 Å². The van der Waals surface area contributed by atoms with Gasteiger partial charge in [0.05, 0.1) is 13.2 Å². The number of hydrogen-bond donors (Lipinski definition) is 1. The summed E-state index contributed by atoms with van der Waals surface area (Å²) in [5, 5.41) is 8.31. The lowest BCUT2D eigenvalue weighted by Crippen LogP contribution is -2.27. The molecule has 0 saturated heterocycles. The van der Waals surface area contributed by atoms with Crippen molar-refractivity contribution >= 4 is 21.4 Å². The first-order valence-electron chi connectivity index (χ1n) is 7.89. The van der Waals surface area contributed by atoms with Gasteiger partial charge in [0.25, 0.3) is 5.56 Å². The van der Waals surface area contributed by atoms with E-state index < -0.39 is 0 Å². The molecular weight excluding hydrogens is 338 g/mol. The van der Waals surface area contributed by atoms with Gasteiger partial charge in [0.2, 0.25) is 10.1 Å². The minimum atomic E-state index is -0.163. The van der Waals surface area contributed by atoms with Crippen molar-refractivity contribution in [3.8, 4) is 5.75 Å². The highest BCUT2D eigenvalue weighted by Crippen LogP contribution is 2.24. The van der Waals surface area contributed by atoms with Crippen LogP contribution in [-0.4, -0.2) is 47.2 Å². The summed E-state index contributed by atoms with van der Waals surface area (Å²) in [6.45, 7) is 2.45. The van der Waals surface area contributed by atoms with Crippen molar-refractivity contribution in [2.24, 2.45) is 0 Å². The van der Waals surface area contributed by atoms with Crippen molar-refractivity contribution in [1.29, 1.82) is 0 Å². The normalized spacial score (nSPS) is 12.5. The summed E-state index contributed by atoms with van der Waals surface area (Å²) in [7, 11) is 5.72. The predicted octanol–water partition coefficient (Wildman–Crippen LogP) is 2.18. The minimum absolute atomic E-state index is 0.133. The Bertz CT molecular complexity index is 934. The number of benzene rings is 1. The Morgan fingerprint density at radius 2 is 2.16 bits per heavy atom. The van der Waals surface area contributed by atoms with Gasteiger partial charge in [0.15, 0.2) is 0 Å². The van der Waals surface area contributed by atoms with Crippen LogP contribution in [0.25, 0.3) is 4.96 Å². The van der Waals surface area contributed by atoms with E-state index in [1.54, 1.807) is 14.0 Å². The van der Waals surface area contributed by atoms with Crippen molar-refractivity contribution in [2.75, 3.05) is 33.1 Å². The van der Waals surface area contributed by atoms with Crippen molar-refractivity contribution in [2.45, 2.75) is 13.0 Å². The second-order valence-electron chi connectivity index (χ2n) is 5.97. The molecule has 0 unspecified atom stereocenters. The average Bonchev–Trinajstić information content (AvgIpc) is 2.98. The standard InChI is InChI=1S/C17H21N5O2S/c1-11-8-15(23)22-17(19-11)25-16(20-22)18-10-14(21(2)3)12-6-5-7-13(9-12)24-4/h5-9,14H,10H2,1-4H3,(H,18,20)/t14-/m0/s1. The molecule has 8 heteroatoms. The van der Waals surface area contributed by atoms with E-state index in [4.69, 9.17) is 4.74 Å². The quantitative estimate of drug-likeness (QED) is 0.727. The van der Waals surface area contributed by atoms with Gasteiger partial charge in [0, 0.05) is 18.3 Å². The van der Waals surface area contributed by atoms with Crippen molar-refractivity contribution in [3.63, 3.8) is 0 Å². The van der Waals surface area contributed by atoms with Crippen molar-refractivity contribution in [1.82, 2.24) is 19.5 Å². The zero-order valence-corrected chi connectivity index (χ0v) is 15.5. The van der Waals surface area contributed by atoms with Gasteiger partial charge in [-0.3, -0.25) is 4.79 Å². The molecule has 3 rings (SSSR count). The van der Waals surface area contributed by atoms with Gasteiger partial charge in [0.1, 0.15) is 5.75 Å². The molecule has 0 amide bonds. The van der Waals surface area contributed by atoms with E-state index in [2.05, 4.69) is 26.4 Å². The van der Waals surface area contributed by atoms with Crippen LogP contribution in [0.3, 0.4) is 0 Å². The number of methoxy groups -OCH3 is 1. The molecule has 2 aromatic heterocycles. The number of nitrogens with zero attached hydrogens (tertiary/aromatic N) is 4. The van der Waals surface area contributed by atoms with E-state index in [0.29, 0.717) is 22.3 Å². The number of ether oxygens (including phenoxy) is 1. The SMILES string of the molecule is COc1cccc([C@H](CNc2nn3c(=O)cc(C)nc3s2)N(C)C)c1. The third-order valence-corrected chi connectivity index (χ3v) is 4.79. The largest absolute Gasteiger partial charge is 0.497 e. The highest BCUT2D eigenvalue weighted by atomic mass is 32.1. The molecule has 0 saturated carbocycles. The minimum Gasteiger partial charge on any atom is -0.497 e. The van der Waals surface area contributed by atoms with Crippen molar-refractivity contribution < 1.29 is 4.74 Å². The van der Waals surface area contributed by atoms with Gasteiger partial charge in [-0.1, -0.05) is 23.5 Å². The lowest BCUT2D eigenvalue weighted by atomic mass is 10.1. The first-order valence-corrected chi connectivity index (χ1v) is 8.71. The van der Waals surface area contributed by atoms with Crippen LogP contribution in [0.15, 0.2) is 35.1 Å². The number of aromatic nitrogens is 3. The number of likely N-dealkylation sites (N-methyl/N-ethyl adjacent to an activating group) is 1. The van der Waals surface area contributed by atoms with Gasteiger partial charge in [-0.05, 0) is 38.7 Å². The highest BCUT2D eigenvalue weighted by molar-refractivity contribution is 7.20. The Labute approximate surface area is 149 Å². The molecule has 2 heterocycles. The van der Waals surface area contributed by atoms with E-state index in [9.17, 15) is 4.79 Å². The highest BCUT2D eigenvalue weighted by Gasteiger charge is 2.16. The lowest BCUT2D eigenvalue weighted by Gasteiger charge is -2.25. The Morgan fingerprint density at radius 1 is 1.36 bits per heavy atom. The number of rotatable bonds is 6. The second kappa shape index (κ2) is 7.20. The topological polar surface area (TPSA) is 71.8 Å². The Kier molecular flexibility index (Phi) is 5.00. The number of anilines is 1. The third-order valence-electron chi connectivity index (χ3n) is 3.92. The lowest BCUT2D eigenvalue weighted by molar-refractivity contribution is 0.310. The molecule has 1 atom stereocenters. The molecule has 132 valence electrons. The predicted molar refractivity (Wildman–Crippen MR) is 99.8 cm³/mol.